The average Bonchev–Trinajstić information content (AvgIpc) is 3.01. The van der Waals surface area contributed by atoms with Crippen LogP contribution in [0.1, 0.15) is 44.1 Å². The van der Waals surface area contributed by atoms with Gasteiger partial charge in [0.1, 0.15) is 11.3 Å². The minimum Gasteiger partial charge on any atom is -0.348 e. The number of aromatic amines is 1. The van der Waals surface area contributed by atoms with E-state index in [1.165, 1.54) is 6.42 Å². The molecule has 3 saturated carbocycles. The van der Waals surface area contributed by atoms with Gasteiger partial charge in [0.25, 0.3) is 5.91 Å². The molecular weight excluding hydrogens is 282 g/mol. The Labute approximate surface area is 128 Å². The Balaban J connectivity index is 1.49. The maximum absolute atomic E-state index is 12.4. The summed E-state index contributed by atoms with van der Waals surface area (Å²) in [4.78, 5) is 19.8. The van der Waals surface area contributed by atoms with Crippen molar-refractivity contribution in [2.45, 2.75) is 39.7 Å². The minimum absolute atomic E-state index is 0.0103. The number of thiazole rings is 1. The van der Waals surface area contributed by atoms with Gasteiger partial charge in [-0.1, -0.05) is 20.8 Å². The van der Waals surface area contributed by atoms with Crippen LogP contribution in [0.5, 0.6) is 0 Å². The predicted molar refractivity (Wildman–Crippen MR) is 84.4 cm³/mol. The predicted octanol–water partition coefficient (Wildman–Crippen LogP) is 3.42. The highest BCUT2D eigenvalue weighted by atomic mass is 32.1. The largest absolute Gasteiger partial charge is 0.348 e. The molecule has 4 atom stereocenters. The molecule has 0 spiro atoms. The van der Waals surface area contributed by atoms with Crippen molar-refractivity contribution in [1.82, 2.24) is 15.3 Å². The monoisotopic (exact) mass is 303 g/mol. The molecule has 0 radical (unpaired) electrons. The maximum atomic E-state index is 12.4. The quantitative estimate of drug-likeness (QED) is 0.893. The van der Waals surface area contributed by atoms with E-state index in [0.29, 0.717) is 23.1 Å². The minimum atomic E-state index is 0.0103. The van der Waals surface area contributed by atoms with E-state index in [0.717, 1.165) is 28.6 Å². The first-order chi connectivity index (χ1) is 9.96. The van der Waals surface area contributed by atoms with E-state index < -0.39 is 0 Å². The Morgan fingerprint density at radius 3 is 2.95 bits per heavy atom. The standard InChI is InChI=1S/C16H21N3OS/c1-8-10-4-9(16(10,2)3)5-11(8)19-15(20)12-6-13-14(18-12)17-7-21-13/h6-11,18H,4-5H2,1-3H3,(H,19,20)/t8-,9+,10-,11-/m0/s1. The fraction of sp³-hybridized carbons (Fsp3) is 0.625. The van der Waals surface area contributed by atoms with E-state index in [2.05, 4.69) is 36.1 Å². The van der Waals surface area contributed by atoms with Crippen LogP contribution in [0.15, 0.2) is 11.6 Å². The number of carbonyl (C=O) groups is 1. The third-order valence-electron chi connectivity index (χ3n) is 6.04. The Morgan fingerprint density at radius 1 is 1.48 bits per heavy atom. The highest BCUT2D eigenvalue weighted by molar-refractivity contribution is 7.16. The van der Waals surface area contributed by atoms with Crippen LogP contribution in [0, 0.1) is 23.2 Å². The summed E-state index contributed by atoms with van der Waals surface area (Å²) in [5.74, 6) is 2.08. The highest BCUT2D eigenvalue weighted by Gasteiger charge is 2.56. The Hall–Kier alpha value is -1.36. The summed E-state index contributed by atoms with van der Waals surface area (Å²) in [6.07, 6.45) is 2.45. The molecule has 112 valence electrons. The zero-order valence-corrected chi connectivity index (χ0v) is 13.5. The van der Waals surface area contributed by atoms with Gasteiger partial charge in [-0.3, -0.25) is 4.79 Å². The fourth-order valence-electron chi connectivity index (χ4n) is 4.46. The molecule has 3 aliphatic rings. The van der Waals surface area contributed by atoms with Gasteiger partial charge in [0, 0.05) is 6.04 Å². The lowest BCUT2D eigenvalue weighted by Crippen LogP contribution is -2.60. The first-order valence-corrected chi connectivity index (χ1v) is 8.58. The van der Waals surface area contributed by atoms with Crippen LogP contribution in [0.2, 0.25) is 0 Å². The number of fused-ring (bicyclic) bond motifs is 3. The lowest BCUT2D eigenvalue weighted by atomic mass is 9.45. The molecular formula is C16H21N3OS. The molecule has 3 fully saturated rings. The number of hydrogen-bond acceptors (Lipinski definition) is 3. The molecule has 3 aliphatic carbocycles. The number of hydrogen-bond donors (Lipinski definition) is 2. The first-order valence-electron chi connectivity index (χ1n) is 7.70. The lowest BCUT2D eigenvalue weighted by molar-refractivity contribution is -0.113. The second kappa shape index (κ2) is 4.32. The normalized spacial score (nSPS) is 33.7. The Morgan fingerprint density at radius 2 is 2.29 bits per heavy atom. The SMILES string of the molecule is C[C@@H]1[C@@H](NC(=O)c2cc3scnc3[nH]2)C[C@H]2C[C@@H]1C2(C)C. The molecule has 0 aromatic carbocycles. The third-order valence-corrected chi connectivity index (χ3v) is 6.81. The molecule has 1 amide bonds. The van der Waals surface area contributed by atoms with Gasteiger partial charge >= 0.3 is 0 Å². The summed E-state index contributed by atoms with van der Waals surface area (Å²) in [5, 5.41) is 3.24. The van der Waals surface area contributed by atoms with Gasteiger partial charge in [-0.05, 0) is 42.1 Å². The van der Waals surface area contributed by atoms with Crippen LogP contribution in [0.25, 0.3) is 10.3 Å². The van der Waals surface area contributed by atoms with E-state index in [1.54, 1.807) is 16.8 Å². The van der Waals surface area contributed by atoms with Crippen LogP contribution in [0.3, 0.4) is 0 Å². The van der Waals surface area contributed by atoms with Crippen LogP contribution in [-0.2, 0) is 0 Å². The maximum Gasteiger partial charge on any atom is 0.268 e. The summed E-state index contributed by atoms with van der Waals surface area (Å²) in [5.41, 5.74) is 3.70. The molecule has 21 heavy (non-hydrogen) atoms. The van der Waals surface area contributed by atoms with E-state index in [1.807, 2.05) is 6.07 Å². The van der Waals surface area contributed by atoms with Gasteiger partial charge in [-0.15, -0.1) is 11.3 Å². The van der Waals surface area contributed by atoms with E-state index in [-0.39, 0.29) is 5.91 Å². The van der Waals surface area contributed by atoms with Gasteiger partial charge in [0.05, 0.1) is 10.2 Å². The smallest absolute Gasteiger partial charge is 0.268 e. The molecule has 4 nitrogen and oxygen atoms in total. The summed E-state index contributed by atoms with van der Waals surface area (Å²) in [6.45, 7) is 7.05. The molecule has 0 saturated heterocycles. The number of carbonyl (C=O) groups excluding carboxylic acids is 1. The molecule has 0 unspecified atom stereocenters. The van der Waals surface area contributed by atoms with Crippen molar-refractivity contribution in [2.75, 3.05) is 0 Å². The summed E-state index contributed by atoms with van der Waals surface area (Å²) in [6, 6.07) is 2.21. The number of H-pyrrole nitrogens is 1. The van der Waals surface area contributed by atoms with Crippen LogP contribution in [0.4, 0.5) is 0 Å². The van der Waals surface area contributed by atoms with Crippen molar-refractivity contribution in [3.63, 3.8) is 0 Å². The number of aromatic nitrogens is 2. The number of amides is 1. The Bertz CT molecular complexity index is 673. The molecule has 2 N–H and O–H groups in total. The molecule has 0 aliphatic heterocycles. The van der Waals surface area contributed by atoms with Crippen LogP contribution >= 0.6 is 11.3 Å². The molecule has 5 rings (SSSR count). The molecule has 2 aromatic rings. The molecule has 2 aromatic heterocycles. The third kappa shape index (κ3) is 1.86. The second-order valence-corrected chi connectivity index (χ2v) is 8.17. The van der Waals surface area contributed by atoms with E-state index in [9.17, 15) is 4.79 Å². The number of rotatable bonds is 2. The molecule has 5 heteroatoms. The van der Waals surface area contributed by atoms with Gasteiger partial charge in [0.15, 0.2) is 0 Å². The number of nitrogens with one attached hydrogen (secondary N) is 2. The van der Waals surface area contributed by atoms with Gasteiger partial charge < -0.3 is 10.3 Å². The van der Waals surface area contributed by atoms with Crippen molar-refractivity contribution < 1.29 is 4.79 Å². The average molecular weight is 303 g/mol. The summed E-state index contributed by atoms with van der Waals surface area (Å²) in [7, 11) is 0. The first kappa shape index (κ1) is 13.3. The highest BCUT2D eigenvalue weighted by Crippen LogP contribution is 2.61. The summed E-state index contributed by atoms with van der Waals surface area (Å²) >= 11 is 1.56. The van der Waals surface area contributed by atoms with Crippen molar-refractivity contribution in [3.05, 3.63) is 17.3 Å². The fourth-order valence-corrected chi connectivity index (χ4v) is 5.13. The van der Waals surface area contributed by atoms with Gasteiger partial charge in [-0.25, -0.2) is 4.98 Å². The zero-order chi connectivity index (χ0) is 14.8. The summed E-state index contributed by atoms with van der Waals surface area (Å²) < 4.78 is 1.04. The van der Waals surface area contributed by atoms with Gasteiger partial charge in [-0.2, -0.15) is 0 Å². The number of nitrogens with zero attached hydrogens (tertiary/aromatic N) is 1. The van der Waals surface area contributed by atoms with Crippen molar-refractivity contribution in [2.24, 2.45) is 23.2 Å². The Kier molecular flexibility index (Phi) is 2.74. The zero-order valence-electron chi connectivity index (χ0n) is 12.6. The van der Waals surface area contributed by atoms with Crippen LogP contribution < -0.4 is 5.32 Å². The van der Waals surface area contributed by atoms with Crippen LogP contribution in [-0.4, -0.2) is 21.9 Å². The van der Waals surface area contributed by atoms with Crippen molar-refractivity contribution in [3.8, 4) is 0 Å². The van der Waals surface area contributed by atoms with Gasteiger partial charge in [0.2, 0.25) is 0 Å². The van der Waals surface area contributed by atoms with E-state index in [4.69, 9.17) is 0 Å². The van der Waals surface area contributed by atoms with Crippen molar-refractivity contribution in [1.29, 1.82) is 0 Å². The second-order valence-electron chi connectivity index (χ2n) is 7.28. The molecule has 2 heterocycles. The van der Waals surface area contributed by atoms with E-state index >= 15 is 0 Å². The molecule has 2 bridgehead atoms. The lowest BCUT2D eigenvalue weighted by Gasteiger charge is -2.62. The topological polar surface area (TPSA) is 57.8 Å². The van der Waals surface area contributed by atoms with Crippen molar-refractivity contribution >= 4 is 27.6 Å².